The van der Waals surface area contributed by atoms with E-state index in [1.54, 1.807) is 18.9 Å². The molecule has 5 nitrogen and oxygen atoms in total. The number of thioether (sulfide) groups is 1. The Kier molecular flexibility index (Phi) is 3.58. The Balaban J connectivity index is 1.77. The maximum Gasteiger partial charge on any atom is 0.207 e. The second-order valence-corrected chi connectivity index (χ2v) is 6.27. The number of aromatic amines is 1. The summed E-state index contributed by atoms with van der Waals surface area (Å²) in [4.78, 5) is 7.73. The number of nitrogens with zero attached hydrogens (tertiary/aromatic N) is 3. The Morgan fingerprint density at radius 3 is 3.05 bits per heavy atom. The van der Waals surface area contributed by atoms with Gasteiger partial charge in [0.25, 0.3) is 0 Å². The molecule has 0 fully saturated rings. The minimum absolute atomic E-state index is 0.463. The van der Waals surface area contributed by atoms with E-state index >= 15 is 0 Å². The van der Waals surface area contributed by atoms with Crippen molar-refractivity contribution < 1.29 is 4.74 Å². The maximum absolute atomic E-state index is 5.74. The molecule has 8 heteroatoms. The van der Waals surface area contributed by atoms with E-state index in [0.717, 1.165) is 26.9 Å². The fourth-order valence-electron chi connectivity index (χ4n) is 1.58. The fourth-order valence-corrected chi connectivity index (χ4v) is 3.32. The van der Waals surface area contributed by atoms with E-state index in [9.17, 15) is 0 Å². The lowest BCUT2D eigenvalue weighted by Gasteiger charge is -1.96. The number of methoxy groups -OCH3 is 1. The van der Waals surface area contributed by atoms with E-state index in [0.29, 0.717) is 10.2 Å². The summed E-state index contributed by atoms with van der Waals surface area (Å²) < 4.78 is 5.64. The van der Waals surface area contributed by atoms with E-state index in [-0.39, 0.29) is 0 Å². The van der Waals surface area contributed by atoms with Crippen LogP contribution in [0.4, 0.5) is 0 Å². The number of fused-ring (bicyclic) bond motifs is 1. The number of benzene rings is 1. The number of ether oxygens (including phenoxy) is 1. The molecular formula is C11H9ClN4OS2. The molecule has 0 radical (unpaired) electrons. The smallest absolute Gasteiger partial charge is 0.207 e. The maximum atomic E-state index is 5.74. The van der Waals surface area contributed by atoms with Crippen LogP contribution in [0.25, 0.3) is 11.0 Å². The van der Waals surface area contributed by atoms with Crippen LogP contribution >= 0.6 is 34.7 Å². The van der Waals surface area contributed by atoms with Gasteiger partial charge in [-0.1, -0.05) is 23.1 Å². The summed E-state index contributed by atoms with van der Waals surface area (Å²) in [5.41, 5.74) is 1.87. The standard InChI is InChI=1S/C11H9ClN4OS2/c1-17-6-2-3-7-8(4-6)14-11(13-7)18-5-9-15-16-10(12)19-9/h2-4H,5H2,1H3,(H,13,14). The van der Waals surface area contributed by atoms with Crippen molar-refractivity contribution in [2.75, 3.05) is 7.11 Å². The van der Waals surface area contributed by atoms with Crippen LogP contribution in [0.5, 0.6) is 5.75 Å². The zero-order valence-corrected chi connectivity index (χ0v) is 12.3. The Bertz CT molecular complexity index is 712. The monoisotopic (exact) mass is 312 g/mol. The Morgan fingerprint density at radius 2 is 2.32 bits per heavy atom. The van der Waals surface area contributed by atoms with Crippen LogP contribution in [0.1, 0.15) is 5.01 Å². The number of hydrogen-bond donors (Lipinski definition) is 1. The summed E-state index contributed by atoms with van der Waals surface area (Å²) in [5, 5.41) is 9.46. The molecule has 0 amide bonds. The highest BCUT2D eigenvalue weighted by Gasteiger charge is 2.07. The van der Waals surface area contributed by atoms with Crippen LogP contribution in [-0.2, 0) is 5.75 Å². The lowest BCUT2D eigenvalue weighted by molar-refractivity contribution is 0.415. The highest BCUT2D eigenvalue weighted by atomic mass is 35.5. The average molecular weight is 313 g/mol. The lowest BCUT2D eigenvalue weighted by atomic mass is 10.3. The molecule has 3 aromatic rings. The van der Waals surface area contributed by atoms with Crippen LogP contribution < -0.4 is 4.74 Å². The van der Waals surface area contributed by atoms with Crippen molar-refractivity contribution in [1.82, 2.24) is 20.2 Å². The van der Waals surface area contributed by atoms with Crippen molar-refractivity contribution in [1.29, 1.82) is 0 Å². The Hall–Kier alpha value is -1.31. The van der Waals surface area contributed by atoms with Crippen LogP contribution in [-0.4, -0.2) is 27.3 Å². The van der Waals surface area contributed by atoms with Gasteiger partial charge < -0.3 is 9.72 Å². The van der Waals surface area contributed by atoms with Crippen LogP contribution in [0.15, 0.2) is 23.4 Å². The number of hydrogen-bond acceptors (Lipinski definition) is 6. The average Bonchev–Trinajstić information content (AvgIpc) is 3.01. The van der Waals surface area contributed by atoms with Crippen molar-refractivity contribution >= 4 is 45.7 Å². The van der Waals surface area contributed by atoms with Crippen molar-refractivity contribution in [3.63, 3.8) is 0 Å². The molecule has 0 spiro atoms. The van der Waals surface area contributed by atoms with Crippen molar-refractivity contribution in [2.45, 2.75) is 10.9 Å². The topological polar surface area (TPSA) is 63.7 Å². The van der Waals surface area contributed by atoms with Crippen molar-refractivity contribution in [3.8, 4) is 5.75 Å². The molecule has 98 valence electrons. The predicted octanol–water partition coefficient (Wildman–Crippen LogP) is 3.37. The summed E-state index contributed by atoms with van der Waals surface area (Å²) in [6, 6.07) is 5.74. The van der Waals surface area contributed by atoms with Crippen LogP contribution in [0, 0.1) is 0 Å². The highest BCUT2D eigenvalue weighted by molar-refractivity contribution is 7.98. The van der Waals surface area contributed by atoms with Crippen molar-refractivity contribution in [3.05, 3.63) is 27.7 Å². The molecule has 0 atom stereocenters. The minimum Gasteiger partial charge on any atom is -0.497 e. The Labute approximate surface area is 122 Å². The molecule has 19 heavy (non-hydrogen) atoms. The third kappa shape index (κ3) is 2.83. The summed E-state index contributed by atoms with van der Waals surface area (Å²) in [7, 11) is 1.65. The lowest BCUT2D eigenvalue weighted by Crippen LogP contribution is -1.81. The highest BCUT2D eigenvalue weighted by Crippen LogP contribution is 2.27. The van der Waals surface area contributed by atoms with Crippen LogP contribution in [0.2, 0.25) is 4.47 Å². The molecular weight excluding hydrogens is 304 g/mol. The number of H-pyrrole nitrogens is 1. The van der Waals surface area contributed by atoms with Crippen molar-refractivity contribution in [2.24, 2.45) is 0 Å². The van der Waals surface area contributed by atoms with Gasteiger partial charge in [0, 0.05) is 6.07 Å². The van der Waals surface area contributed by atoms with Gasteiger partial charge in [0.15, 0.2) is 5.16 Å². The minimum atomic E-state index is 0.463. The number of halogens is 1. The van der Waals surface area contributed by atoms with Crippen LogP contribution in [0.3, 0.4) is 0 Å². The van der Waals surface area contributed by atoms with Gasteiger partial charge in [0.05, 0.1) is 23.9 Å². The van der Waals surface area contributed by atoms with Gasteiger partial charge in [-0.15, -0.1) is 10.2 Å². The van der Waals surface area contributed by atoms with E-state index < -0.39 is 0 Å². The van der Waals surface area contributed by atoms with E-state index in [2.05, 4.69) is 20.2 Å². The van der Waals surface area contributed by atoms with E-state index in [1.807, 2.05) is 18.2 Å². The van der Waals surface area contributed by atoms with E-state index in [1.165, 1.54) is 11.3 Å². The number of nitrogens with one attached hydrogen (secondary N) is 1. The molecule has 1 aromatic carbocycles. The molecule has 3 rings (SSSR count). The Morgan fingerprint density at radius 1 is 1.42 bits per heavy atom. The van der Waals surface area contributed by atoms with Gasteiger partial charge in [-0.05, 0) is 23.7 Å². The molecule has 0 saturated carbocycles. The molecule has 2 aromatic heterocycles. The fraction of sp³-hybridized carbons (Fsp3) is 0.182. The molecule has 0 saturated heterocycles. The second-order valence-electron chi connectivity index (χ2n) is 3.66. The second kappa shape index (κ2) is 5.36. The molecule has 0 aliphatic rings. The molecule has 0 unspecified atom stereocenters. The first-order valence-corrected chi connectivity index (χ1v) is 7.57. The first kappa shape index (κ1) is 12.7. The number of imidazole rings is 1. The molecule has 2 heterocycles. The number of aromatic nitrogens is 4. The molecule has 0 aliphatic carbocycles. The largest absolute Gasteiger partial charge is 0.497 e. The number of rotatable bonds is 4. The summed E-state index contributed by atoms with van der Waals surface area (Å²) in [5.74, 6) is 1.50. The van der Waals surface area contributed by atoms with Gasteiger partial charge in [0.1, 0.15) is 10.8 Å². The zero-order valence-electron chi connectivity index (χ0n) is 9.88. The third-order valence-corrected chi connectivity index (χ3v) is 4.53. The third-order valence-electron chi connectivity index (χ3n) is 2.44. The zero-order chi connectivity index (χ0) is 13.2. The quantitative estimate of drug-likeness (QED) is 0.748. The summed E-state index contributed by atoms with van der Waals surface area (Å²) >= 11 is 8.69. The van der Waals surface area contributed by atoms with Gasteiger partial charge in [-0.2, -0.15) is 0 Å². The van der Waals surface area contributed by atoms with Gasteiger partial charge in [-0.3, -0.25) is 0 Å². The van der Waals surface area contributed by atoms with Gasteiger partial charge >= 0.3 is 0 Å². The first-order chi connectivity index (χ1) is 9.24. The molecule has 0 bridgehead atoms. The SMILES string of the molecule is COc1ccc2nc(SCc3nnc(Cl)s3)[nH]c2c1. The van der Waals surface area contributed by atoms with Gasteiger partial charge in [0.2, 0.25) is 4.47 Å². The summed E-state index contributed by atoms with van der Waals surface area (Å²) in [6.07, 6.45) is 0. The van der Waals surface area contributed by atoms with Gasteiger partial charge in [-0.25, -0.2) is 4.98 Å². The van der Waals surface area contributed by atoms with E-state index in [4.69, 9.17) is 16.3 Å². The molecule has 1 N–H and O–H groups in total. The summed E-state index contributed by atoms with van der Waals surface area (Å²) in [6.45, 7) is 0. The first-order valence-electron chi connectivity index (χ1n) is 5.39. The molecule has 0 aliphatic heterocycles. The predicted molar refractivity (Wildman–Crippen MR) is 77.1 cm³/mol. The normalized spacial score (nSPS) is 11.1.